The molecule has 0 spiro atoms. The van der Waals surface area contributed by atoms with Crippen molar-refractivity contribution in [3.63, 3.8) is 0 Å². The molecule has 1 amide bonds. The average Bonchev–Trinajstić information content (AvgIpc) is 2.32. The molecule has 6 heteroatoms. The Hall–Kier alpha value is -1.30. The smallest absolute Gasteiger partial charge is 0.241 e. The first-order valence-electron chi connectivity index (χ1n) is 6.02. The van der Waals surface area contributed by atoms with Crippen LogP contribution in [0.25, 0.3) is 0 Å². The van der Waals surface area contributed by atoms with Gasteiger partial charge >= 0.3 is 0 Å². The number of nitrogens with zero attached hydrogens (tertiary/aromatic N) is 1. The van der Waals surface area contributed by atoms with Crippen LogP contribution in [0, 0.1) is 0 Å². The molecule has 0 aromatic carbocycles. The number of rotatable bonds is 8. The Morgan fingerprint density at radius 2 is 1.88 bits per heavy atom. The Balaban J connectivity index is 3.93. The highest BCUT2D eigenvalue weighted by Crippen LogP contribution is 1.79. The van der Waals surface area contributed by atoms with Crippen LogP contribution in [0.15, 0.2) is 4.99 Å². The van der Waals surface area contributed by atoms with Gasteiger partial charge in [0.1, 0.15) is 6.54 Å². The number of carbonyl (C=O) groups excluding carboxylic acids is 1. The van der Waals surface area contributed by atoms with Crippen molar-refractivity contribution in [2.45, 2.75) is 20.3 Å². The molecule has 0 saturated carbocycles. The van der Waals surface area contributed by atoms with Crippen molar-refractivity contribution < 1.29 is 9.53 Å². The SMILES string of the molecule is CCNC(=O)CN=C(NCC)NCCCOC. The van der Waals surface area contributed by atoms with Crippen molar-refractivity contribution in [3.05, 3.63) is 0 Å². The van der Waals surface area contributed by atoms with E-state index < -0.39 is 0 Å². The second-order valence-electron chi connectivity index (χ2n) is 3.42. The van der Waals surface area contributed by atoms with Crippen LogP contribution in [0.4, 0.5) is 0 Å². The summed E-state index contributed by atoms with van der Waals surface area (Å²) in [5.74, 6) is 0.594. The summed E-state index contributed by atoms with van der Waals surface area (Å²) in [6, 6.07) is 0. The lowest BCUT2D eigenvalue weighted by Gasteiger charge is -2.10. The zero-order valence-electron chi connectivity index (χ0n) is 11.0. The van der Waals surface area contributed by atoms with Gasteiger partial charge in [-0.1, -0.05) is 0 Å². The molecule has 0 aromatic rings. The van der Waals surface area contributed by atoms with Gasteiger partial charge in [0.25, 0.3) is 0 Å². The van der Waals surface area contributed by atoms with E-state index in [-0.39, 0.29) is 12.5 Å². The van der Waals surface area contributed by atoms with E-state index in [0.29, 0.717) is 19.1 Å². The number of hydrogen-bond acceptors (Lipinski definition) is 3. The lowest BCUT2D eigenvalue weighted by atomic mass is 10.4. The van der Waals surface area contributed by atoms with Crippen molar-refractivity contribution in [3.8, 4) is 0 Å². The molecule has 0 bridgehead atoms. The predicted octanol–water partition coefficient (Wildman–Crippen LogP) is -0.286. The third-order valence-electron chi connectivity index (χ3n) is 1.92. The fourth-order valence-electron chi connectivity index (χ4n) is 1.17. The highest BCUT2D eigenvalue weighted by atomic mass is 16.5. The average molecular weight is 244 g/mol. The first-order chi connectivity index (χ1) is 8.24. The number of ether oxygens (including phenoxy) is 1. The normalized spacial score (nSPS) is 11.1. The zero-order valence-corrected chi connectivity index (χ0v) is 11.0. The van der Waals surface area contributed by atoms with Gasteiger partial charge in [0.15, 0.2) is 5.96 Å². The number of amides is 1. The molecular weight excluding hydrogens is 220 g/mol. The minimum Gasteiger partial charge on any atom is -0.385 e. The molecule has 0 unspecified atom stereocenters. The Kier molecular flexibility index (Phi) is 10.3. The largest absolute Gasteiger partial charge is 0.385 e. The lowest BCUT2D eigenvalue weighted by Crippen LogP contribution is -2.39. The maximum Gasteiger partial charge on any atom is 0.241 e. The minimum atomic E-state index is -0.0680. The van der Waals surface area contributed by atoms with E-state index in [1.165, 1.54) is 0 Å². The first-order valence-corrected chi connectivity index (χ1v) is 6.02. The van der Waals surface area contributed by atoms with Crippen LogP contribution in [0.3, 0.4) is 0 Å². The predicted molar refractivity (Wildman–Crippen MR) is 69.2 cm³/mol. The van der Waals surface area contributed by atoms with Gasteiger partial charge < -0.3 is 20.7 Å². The van der Waals surface area contributed by atoms with Gasteiger partial charge in [-0.2, -0.15) is 0 Å². The number of methoxy groups -OCH3 is 1. The summed E-state index contributed by atoms with van der Waals surface area (Å²) < 4.78 is 4.95. The van der Waals surface area contributed by atoms with E-state index in [9.17, 15) is 4.79 Å². The standard InChI is InChI=1S/C11H24N4O2/c1-4-12-10(16)9-15-11(13-5-2)14-7-6-8-17-3/h4-9H2,1-3H3,(H,12,16)(H2,13,14,15). The van der Waals surface area contributed by atoms with E-state index in [2.05, 4.69) is 20.9 Å². The second kappa shape index (κ2) is 11.2. The molecule has 0 aliphatic rings. The number of aliphatic imine (C=N–C) groups is 1. The van der Waals surface area contributed by atoms with Crippen molar-refractivity contribution in [1.29, 1.82) is 0 Å². The molecule has 0 radical (unpaired) electrons. The van der Waals surface area contributed by atoms with Crippen molar-refractivity contribution in [2.75, 3.05) is 39.9 Å². The van der Waals surface area contributed by atoms with Gasteiger partial charge in [0.2, 0.25) is 5.91 Å². The topological polar surface area (TPSA) is 74.8 Å². The van der Waals surface area contributed by atoms with Crippen LogP contribution in [0.2, 0.25) is 0 Å². The van der Waals surface area contributed by atoms with E-state index in [4.69, 9.17) is 4.74 Å². The summed E-state index contributed by atoms with van der Waals surface area (Å²) in [6.07, 6.45) is 0.905. The molecule has 0 saturated heterocycles. The maximum absolute atomic E-state index is 11.2. The second-order valence-corrected chi connectivity index (χ2v) is 3.42. The van der Waals surface area contributed by atoms with Crippen molar-refractivity contribution in [2.24, 2.45) is 4.99 Å². The monoisotopic (exact) mass is 244 g/mol. The van der Waals surface area contributed by atoms with Crippen LogP contribution in [-0.2, 0) is 9.53 Å². The molecule has 0 fully saturated rings. The molecule has 0 aromatic heterocycles. The fourth-order valence-corrected chi connectivity index (χ4v) is 1.17. The number of hydrogen-bond donors (Lipinski definition) is 3. The third-order valence-corrected chi connectivity index (χ3v) is 1.92. The van der Waals surface area contributed by atoms with Gasteiger partial charge in [-0.3, -0.25) is 4.79 Å². The first kappa shape index (κ1) is 15.7. The fraction of sp³-hybridized carbons (Fsp3) is 0.818. The zero-order chi connectivity index (χ0) is 12.9. The van der Waals surface area contributed by atoms with Gasteiger partial charge in [-0.05, 0) is 20.3 Å². The lowest BCUT2D eigenvalue weighted by molar-refractivity contribution is -0.119. The molecule has 0 aliphatic heterocycles. The number of nitrogens with one attached hydrogen (secondary N) is 3. The quantitative estimate of drug-likeness (QED) is 0.312. The van der Waals surface area contributed by atoms with Gasteiger partial charge in [0.05, 0.1) is 0 Å². The molecule has 0 rings (SSSR count). The molecule has 3 N–H and O–H groups in total. The van der Waals surface area contributed by atoms with Crippen LogP contribution >= 0.6 is 0 Å². The molecule has 0 heterocycles. The summed E-state index contributed by atoms with van der Waals surface area (Å²) in [5, 5.41) is 8.90. The summed E-state index contributed by atoms with van der Waals surface area (Å²) in [6.45, 7) is 6.90. The van der Waals surface area contributed by atoms with E-state index >= 15 is 0 Å². The Labute approximate surface area is 103 Å². The van der Waals surface area contributed by atoms with Crippen LogP contribution in [0.1, 0.15) is 20.3 Å². The van der Waals surface area contributed by atoms with Crippen LogP contribution < -0.4 is 16.0 Å². The molecule has 6 nitrogen and oxygen atoms in total. The molecule has 0 atom stereocenters. The summed E-state index contributed by atoms with van der Waals surface area (Å²) in [7, 11) is 1.67. The highest BCUT2D eigenvalue weighted by molar-refractivity contribution is 5.84. The molecule has 0 aliphatic carbocycles. The van der Waals surface area contributed by atoms with Crippen molar-refractivity contribution in [1.82, 2.24) is 16.0 Å². The van der Waals surface area contributed by atoms with E-state index in [0.717, 1.165) is 19.5 Å². The Morgan fingerprint density at radius 3 is 2.47 bits per heavy atom. The number of carbonyl (C=O) groups is 1. The minimum absolute atomic E-state index is 0.0680. The van der Waals surface area contributed by atoms with E-state index in [1.807, 2.05) is 13.8 Å². The molecule has 17 heavy (non-hydrogen) atoms. The summed E-state index contributed by atoms with van der Waals surface area (Å²) >= 11 is 0. The molecule has 100 valence electrons. The summed E-state index contributed by atoms with van der Waals surface area (Å²) in [4.78, 5) is 15.4. The molecular formula is C11H24N4O2. The van der Waals surface area contributed by atoms with Crippen LogP contribution in [-0.4, -0.2) is 51.8 Å². The van der Waals surface area contributed by atoms with Gasteiger partial charge in [0, 0.05) is 33.4 Å². The highest BCUT2D eigenvalue weighted by Gasteiger charge is 2.00. The number of likely N-dealkylation sites (N-methyl/N-ethyl adjacent to an activating group) is 1. The van der Waals surface area contributed by atoms with Crippen LogP contribution in [0.5, 0.6) is 0 Å². The van der Waals surface area contributed by atoms with Gasteiger partial charge in [-0.15, -0.1) is 0 Å². The maximum atomic E-state index is 11.2. The van der Waals surface area contributed by atoms with E-state index in [1.54, 1.807) is 7.11 Å². The summed E-state index contributed by atoms with van der Waals surface area (Å²) in [5.41, 5.74) is 0. The number of guanidine groups is 1. The third kappa shape index (κ3) is 9.62. The van der Waals surface area contributed by atoms with Crippen molar-refractivity contribution >= 4 is 11.9 Å². The Morgan fingerprint density at radius 1 is 1.18 bits per heavy atom. The Bertz CT molecular complexity index is 232. The van der Waals surface area contributed by atoms with Gasteiger partial charge in [-0.25, -0.2) is 4.99 Å².